The predicted octanol–water partition coefficient (Wildman–Crippen LogP) is 3.82. The molecule has 0 aliphatic carbocycles. The minimum atomic E-state index is -0.463. The average Bonchev–Trinajstić information content (AvgIpc) is 2.56. The van der Waals surface area contributed by atoms with E-state index in [0.29, 0.717) is 30.7 Å². The molecule has 0 saturated carbocycles. The fourth-order valence-corrected chi connectivity index (χ4v) is 3.28. The smallest absolute Gasteiger partial charge is 0.338 e. The van der Waals surface area contributed by atoms with Crippen molar-refractivity contribution in [3.63, 3.8) is 0 Å². The number of esters is 1. The Balaban J connectivity index is 2.24. The van der Waals surface area contributed by atoms with E-state index < -0.39 is 5.97 Å². The Morgan fingerprint density at radius 3 is 2.83 bits per heavy atom. The summed E-state index contributed by atoms with van der Waals surface area (Å²) < 4.78 is 7.13. The molecule has 122 valence electrons. The molecule has 0 bridgehead atoms. The van der Waals surface area contributed by atoms with Crippen LogP contribution in [0, 0.1) is 3.57 Å². The minimum absolute atomic E-state index is 0.271. The van der Waals surface area contributed by atoms with Gasteiger partial charge >= 0.3 is 5.97 Å². The number of aromatic nitrogens is 2. The molecule has 7 heteroatoms. The number of rotatable bonds is 3. The maximum atomic E-state index is 12.8. The van der Waals surface area contributed by atoms with Crippen molar-refractivity contribution in [2.75, 3.05) is 6.61 Å². The third-order valence-corrected chi connectivity index (χ3v) is 4.47. The average molecular weight is 455 g/mol. The van der Waals surface area contributed by atoms with E-state index in [4.69, 9.17) is 16.3 Å². The molecule has 24 heavy (non-hydrogen) atoms. The van der Waals surface area contributed by atoms with E-state index in [1.165, 1.54) is 17.0 Å². The highest BCUT2D eigenvalue weighted by atomic mass is 127. The van der Waals surface area contributed by atoms with Crippen LogP contribution >= 0.6 is 34.2 Å². The van der Waals surface area contributed by atoms with Gasteiger partial charge < -0.3 is 4.74 Å². The summed E-state index contributed by atoms with van der Waals surface area (Å²) in [5.41, 5.74) is 1.22. The lowest BCUT2D eigenvalue weighted by atomic mass is 10.1. The number of ether oxygens (including phenoxy) is 1. The number of hydrogen-bond acceptors (Lipinski definition) is 4. The van der Waals surface area contributed by atoms with Crippen molar-refractivity contribution in [1.29, 1.82) is 0 Å². The Hall–Kier alpha value is -1.93. The predicted molar refractivity (Wildman–Crippen MR) is 101 cm³/mol. The van der Waals surface area contributed by atoms with Crippen molar-refractivity contribution in [3.8, 4) is 5.69 Å². The zero-order valence-electron chi connectivity index (χ0n) is 12.6. The second kappa shape index (κ2) is 6.90. The first kappa shape index (κ1) is 16.9. The second-order valence-corrected chi connectivity index (χ2v) is 6.57. The number of benzene rings is 2. The highest BCUT2D eigenvalue weighted by Crippen LogP contribution is 2.20. The van der Waals surface area contributed by atoms with E-state index >= 15 is 0 Å². The van der Waals surface area contributed by atoms with Gasteiger partial charge in [0.25, 0.3) is 5.56 Å². The summed E-state index contributed by atoms with van der Waals surface area (Å²) in [4.78, 5) is 29.2. The van der Waals surface area contributed by atoms with Crippen LogP contribution in [0.3, 0.4) is 0 Å². The molecule has 1 aromatic heterocycles. The summed E-state index contributed by atoms with van der Waals surface area (Å²) in [5.74, 6) is -0.463. The van der Waals surface area contributed by atoms with Crippen molar-refractivity contribution in [1.82, 2.24) is 9.55 Å². The first-order valence-electron chi connectivity index (χ1n) is 7.15. The van der Waals surface area contributed by atoms with Crippen LogP contribution < -0.4 is 5.56 Å². The van der Waals surface area contributed by atoms with Gasteiger partial charge in [0.05, 0.1) is 28.8 Å². The molecule has 0 amide bonds. The summed E-state index contributed by atoms with van der Waals surface area (Å²) in [6, 6.07) is 10.1. The number of carbonyl (C=O) groups excluding carboxylic acids is 1. The molecule has 0 fully saturated rings. The molecule has 5 nitrogen and oxygen atoms in total. The molecule has 0 unspecified atom stereocenters. The van der Waals surface area contributed by atoms with Gasteiger partial charge in [0.2, 0.25) is 0 Å². The lowest BCUT2D eigenvalue weighted by molar-refractivity contribution is 0.0526. The largest absolute Gasteiger partial charge is 0.462 e. The van der Waals surface area contributed by atoms with Gasteiger partial charge in [-0.15, -0.1) is 0 Å². The molecule has 1 heterocycles. The Morgan fingerprint density at radius 1 is 1.33 bits per heavy atom. The molecule has 2 aromatic carbocycles. The third-order valence-electron chi connectivity index (χ3n) is 3.41. The van der Waals surface area contributed by atoms with E-state index in [0.717, 1.165) is 0 Å². The maximum Gasteiger partial charge on any atom is 0.338 e. The van der Waals surface area contributed by atoms with E-state index in [-0.39, 0.29) is 12.2 Å². The number of halogens is 2. The van der Waals surface area contributed by atoms with Crippen LogP contribution in [0.5, 0.6) is 0 Å². The Morgan fingerprint density at radius 2 is 2.12 bits per heavy atom. The van der Waals surface area contributed by atoms with Gasteiger partial charge in [-0.25, -0.2) is 9.78 Å². The minimum Gasteiger partial charge on any atom is -0.462 e. The quantitative estimate of drug-likeness (QED) is 0.446. The van der Waals surface area contributed by atoms with Crippen LogP contribution in [0.15, 0.2) is 47.5 Å². The van der Waals surface area contributed by atoms with Crippen LogP contribution in [-0.4, -0.2) is 22.1 Å². The Labute approximate surface area is 156 Å². The van der Waals surface area contributed by atoms with E-state index in [2.05, 4.69) is 27.6 Å². The lowest BCUT2D eigenvalue weighted by Crippen LogP contribution is -2.20. The molecular weight excluding hydrogens is 443 g/mol. The fraction of sp³-hybridized carbons (Fsp3) is 0.118. The first-order chi connectivity index (χ1) is 11.5. The summed E-state index contributed by atoms with van der Waals surface area (Å²) in [6.07, 6.45) is 1.46. The monoisotopic (exact) mass is 454 g/mol. The molecule has 0 N–H and O–H groups in total. The molecular formula is C17H12ClIN2O3. The highest BCUT2D eigenvalue weighted by Gasteiger charge is 2.14. The highest BCUT2D eigenvalue weighted by molar-refractivity contribution is 14.1. The molecule has 0 saturated heterocycles. The molecule has 0 aliphatic rings. The van der Waals surface area contributed by atoms with Crippen molar-refractivity contribution in [3.05, 3.63) is 67.2 Å². The Bertz CT molecular complexity index is 1000. The number of carbonyl (C=O) groups is 1. The van der Waals surface area contributed by atoms with Crippen molar-refractivity contribution >= 4 is 51.1 Å². The van der Waals surface area contributed by atoms with Crippen molar-refractivity contribution in [2.45, 2.75) is 6.92 Å². The molecule has 3 aromatic rings. The number of hydrogen-bond donors (Lipinski definition) is 0. The fourth-order valence-electron chi connectivity index (χ4n) is 2.33. The van der Waals surface area contributed by atoms with Crippen LogP contribution in [-0.2, 0) is 4.74 Å². The van der Waals surface area contributed by atoms with Crippen LogP contribution in [0.4, 0.5) is 0 Å². The lowest BCUT2D eigenvalue weighted by Gasteiger charge is -2.09. The molecule has 0 spiro atoms. The van der Waals surface area contributed by atoms with Gasteiger partial charge in [-0.3, -0.25) is 9.36 Å². The SMILES string of the molecule is CCOC(=O)c1cc(I)c2ncn(-c3cccc(Cl)c3)c(=O)c2c1. The van der Waals surface area contributed by atoms with E-state index in [1.807, 2.05) is 0 Å². The van der Waals surface area contributed by atoms with Crippen molar-refractivity contribution < 1.29 is 9.53 Å². The number of nitrogens with zero attached hydrogens (tertiary/aromatic N) is 2. The molecule has 3 rings (SSSR count). The van der Waals surface area contributed by atoms with Gasteiger partial charge in [0.1, 0.15) is 6.33 Å². The summed E-state index contributed by atoms with van der Waals surface area (Å²) in [6.45, 7) is 2.00. The van der Waals surface area contributed by atoms with Gasteiger partial charge in [0, 0.05) is 8.59 Å². The third kappa shape index (κ3) is 3.16. The van der Waals surface area contributed by atoms with Gasteiger partial charge in [0.15, 0.2) is 0 Å². The topological polar surface area (TPSA) is 61.2 Å². The van der Waals surface area contributed by atoms with Gasteiger partial charge in [-0.2, -0.15) is 0 Å². The summed E-state index contributed by atoms with van der Waals surface area (Å²) in [5, 5.41) is 0.877. The van der Waals surface area contributed by atoms with E-state index in [9.17, 15) is 9.59 Å². The van der Waals surface area contributed by atoms with Crippen LogP contribution in [0.25, 0.3) is 16.6 Å². The van der Waals surface area contributed by atoms with E-state index in [1.54, 1.807) is 37.3 Å². The normalized spacial score (nSPS) is 10.8. The standard InChI is InChI=1S/C17H12ClIN2O3/c1-2-24-17(23)10-6-13-15(14(19)7-10)20-9-21(16(13)22)12-5-3-4-11(18)8-12/h3-9H,2H2,1H3. The summed E-state index contributed by atoms with van der Waals surface area (Å²) >= 11 is 8.05. The number of fused-ring (bicyclic) bond motifs is 1. The maximum absolute atomic E-state index is 12.8. The Kier molecular flexibility index (Phi) is 4.86. The zero-order valence-corrected chi connectivity index (χ0v) is 15.5. The van der Waals surface area contributed by atoms with Crippen LogP contribution in [0.1, 0.15) is 17.3 Å². The van der Waals surface area contributed by atoms with Crippen molar-refractivity contribution in [2.24, 2.45) is 0 Å². The van der Waals surface area contributed by atoms with Gasteiger partial charge in [-0.05, 0) is 59.8 Å². The van der Waals surface area contributed by atoms with Gasteiger partial charge in [-0.1, -0.05) is 17.7 Å². The zero-order chi connectivity index (χ0) is 17.3. The molecule has 0 atom stereocenters. The van der Waals surface area contributed by atoms with Crippen LogP contribution in [0.2, 0.25) is 5.02 Å². The molecule has 0 radical (unpaired) electrons. The second-order valence-electron chi connectivity index (χ2n) is 4.97. The first-order valence-corrected chi connectivity index (χ1v) is 8.61. The summed E-state index contributed by atoms with van der Waals surface area (Å²) in [7, 11) is 0. The molecule has 0 aliphatic heterocycles.